The minimum absolute atomic E-state index is 0.00424. The van der Waals surface area contributed by atoms with Crippen molar-refractivity contribution in [2.45, 2.75) is 38.6 Å². The van der Waals surface area contributed by atoms with E-state index in [-0.39, 0.29) is 18.3 Å². The van der Waals surface area contributed by atoms with E-state index in [0.29, 0.717) is 5.92 Å². The normalized spacial score (nSPS) is 17.1. The van der Waals surface area contributed by atoms with Gasteiger partial charge in [-0.05, 0) is 31.6 Å². The van der Waals surface area contributed by atoms with Gasteiger partial charge >= 0.3 is 0 Å². The number of amides is 1. The maximum absolute atomic E-state index is 11.3. The number of hydrogen-bond donors (Lipinski definition) is 2. The molecule has 94 valence electrons. The molecule has 0 aliphatic heterocycles. The summed E-state index contributed by atoms with van der Waals surface area (Å²) in [7, 11) is 0. The van der Waals surface area contributed by atoms with Crippen LogP contribution in [-0.2, 0) is 6.42 Å². The maximum Gasteiger partial charge on any atom is 0.271 e. The molecule has 1 heterocycles. The maximum atomic E-state index is 11.3. The zero-order chi connectivity index (χ0) is 12.4. The van der Waals surface area contributed by atoms with Gasteiger partial charge in [0.2, 0.25) is 0 Å². The van der Waals surface area contributed by atoms with Gasteiger partial charge in [-0.3, -0.25) is 4.79 Å². The minimum Gasteiger partial charge on any atom is -0.394 e. The van der Waals surface area contributed by atoms with Gasteiger partial charge < -0.3 is 10.8 Å². The average molecular weight is 238 g/mol. The molecule has 1 atom stereocenters. The summed E-state index contributed by atoms with van der Waals surface area (Å²) in [6.07, 6.45) is 3.89. The van der Waals surface area contributed by atoms with Crippen LogP contribution in [0.3, 0.4) is 0 Å². The largest absolute Gasteiger partial charge is 0.394 e. The molecule has 3 N–H and O–H groups in total. The number of carbonyl (C=O) groups is 1. The van der Waals surface area contributed by atoms with Crippen LogP contribution in [0, 0.1) is 5.92 Å². The summed E-state index contributed by atoms with van der Waals surface area (Å²) < 4.78 is 1.67. The van der Waals surface area contributed by atoms with E-state index in [2.05, 4.69) is 10.3 Å². The molecular weight excluding hydrogens is 220 g/mol. The van der Waals surface area contributed by atoms with Crippen molar-refractivity contribution in [3.05, 3.63) is 11.4 Å². The second-order valence-electron chi connectivity index (χ2n) is 4.59. The van der Waals surface area contributed by atoms with Gasteiger partial charge in [0.1, 0.15) is 0 Å². The first-order valence-electron chi connectivity index (χ1n) is 6.02. The summed E-state index contributed by atoms with van der Waals surface area (Å²) in [6.45, 7) is 1.96. The zero-order valence-electron chi connectivity index (χ0n) is 9.96. The molecule has 0 bridgehead atoms. The minimum atomic E-state index is -0.542. The second kappa shape index (κ2) is 4.83. The molecule has 1 unspecified atom stereocenters. The Morgan fingerprint density at radius 1 is 1.65 bits per heavy atom. The number of hydrogen-bond acceptors (Lipinski definition) is 4. The van der Waals surface area contributed by atoms with E-state index in [0.717, 1.165) is 18.5 Å². The first-order chi connectivity index (χ1) is 8.17. The standard InChI is InChI=1S/C11H18N4O2/c1-2-8(6-16)15-9(5-7-3-4-7)10(11(12)17)13-14-15/h7-8,16H,2-6H2,1H3,(H2,12,17). The lowest BCUT2D eigenvalue weighted by molar-refractivity contribution is 0.0994. The molecule has 1 aromatic rings. The lowest BCUT2D eigenvalue weighted by Crippen LogP contribution is -2.19. The molecule has 1 aliphatic rings. The summed E-state index contributed by atoms with van der Waals surface area (Å²) in [5, 5.41) is 17.1. The van der Waals surface area contributed by atoms with Crippen LogP contribution < -0.4 is 5.73 Å². The Labute approximate surface area is 99.8 Å². The fourth-order valence-corrected chi connectivity index (χ4v) is 1.96. The number of nitrogens with two attached hydrogens (primary N) is 1. The molecule has 6 heteroatoms. The van der Waals surface area contributed by atoms with Gasteiger partial charge in [0, 0.05) is 0 Å². The van der Waals surface area contributed by atoms with Crippen LogP contribution in [0.15, 0.2) is 0 Å². The molecule has 0 saturated heterocycles. The van der Waals surface area contributed by atoms with Crippen LogP contribution in [-0.4, -0.2) is 32.6 Å². The molecule has 0 spiro atoms. The number of aromatic nitrogens is 3. The van der Waals surface area contributed by atoms with Crippen molar-refractivity contribution in [2.75, 3.05) is 6.61 Å². The van der Waals surface area contributed by atoms with Crippen LogP contribution in [0.2, 0.25) is 0 Å². The topological polar surface area (TPSA) is 94.0 Å². The van der Waals surface area contributed by atoms with Crippen molar-refractivity contribution in [2.24, 2.45) is 11.7 Å². The predicted molar refractivity (Wildman–Crippen MR) is 61.4 cm³/mol. The Morgan fingerprint density at radius 2 is 2.35 bits per heavy atom. The van der Waals surface area contributed by atoms with E-state index in [1.54, 1.807) is 4.68 Å². The highest BCUT2D eigenvalue weighted by atomic mass is 16.3. The number of carbonyl (C=O) groups excluding carboxylic acids is 1. The quantitative estimate of drug-likeness (QED) is 0.744. The molecular formula is C11H18N4O2. The van der Waals surface area contributed by atoms with E-state index in [1.807, 2.05) is 6.92 Å². The van der Waals surface area contributed by atoms with E-state index in [4.69, 9.17) is 5.73 Å². The fraction of sp³-hybridized carbons (Fsp3) is 0.727. The third-order valence-corrected chi connectivity index (χ3v) is 3.23. The second-order valence-corrected chi connectivity index (χ2v) is 4.59. The highest BCUT2D eigenvalue weighted by Gasteiger charge is 2.29. The van der Waals surface area contributed by atoms with Crippen molar-refractivity contribution in [1.82, 2.24) is 15.0 Å². The predicted octanol–water partition coefficient (Wildman–Crippen LogP) is 0.273. The first-order valence-corrected chi connectivity index (χ1v) is 6.02. The monoisotopic (exact) mass is 238 g/mol. The van der Waals surface area contributed by atoms with E-state index in [9.17, 15) is 9.90 Å². The Balaban J connectivity index is 2.32. The SMILES string of the molecule is CCC(CO)n1nnc(C(N)=O)c1CC1CC1. The smallest absolute Gasteiger partial charge is 0.271 e. The molecule has 1 aromatic heterocycles. The number of primary amides is 1. The Hall–Kier alpha value is -1.43. The zero-order valence-corrected chi connectivity index (χ0v) is 9.96. The third kappa shape index (κ3) is 2.46. The first kappa shape index (κ1) is 12.0. The van der Waals surface area contributed by atoms with Crippen LogP contribution in [0.1, 0.15) is 48.4 Å². The molecule has 0 radical (unpaired) electrons. The van der Waals surface area contributed by atoms with Crippen LogP contribution in [0.25, 0.3) is 0 Å². The summed E-state index contributed by atoms with van der Waals surface area (Å²) >= 11 is 0. The number of aliphatic hydroxyl groups excluding tert-OH is 1. The number of aliphatic hydroxyl groups is 1. The fourth-order valence-electron chi connectivity index (χ4n) is 1.96. The van der Waals surface area contributed by atoms with Crippen LogP contribution >= 0.6 is 0 Å². The molecule has 1 aliphatic carbocycles. The lowest BCUT2D eigenvalue weighted by atomic mass is 10.1. The number of rotatable bonds is 6. The van der Waals surface area contributed by atoms with E-state index >= 15 is 0 Å². The molecule has 2 rings (SSSR count). The summed E-state index contributed by atoms with van der Waals surface area (Å²) in [6, 6.07) is -0.121. The number of nitrogens with zero attached hydrogens (tertiary/aromatic N) is 3. The Morgan fingerprint density at radius 3 is 2.82 bits per heavy atom. The van der Waals surface area contributed by atoms with Crippen LogP contribution in [0.4, 0.5) is 0 Å². The van der Waals surface area contributed by atoms with Crippen molar-refractivity contribution in [3.8, 4) is 0 Å². The summed E-state index contributed by atoms with van der Waals surface area (Å²) in [4.78, 5) is 11.3. The van der Waals surface area contributed by atoms with Gasteiger partial charge in [-0.25, -0.2) is 4.68 Å². The van der Waals surface area contributed by atoms with Crippen molar-refractivity contribution < 1.29 is 9.90 Å². The summed E-state index contributed by atoms with van der Waals surface area (Å²) in [5.74, 6) is 0.0706. The molecule has 17 heavy (non-hydrogen) atoms. The summed E-state index contributed by atoms with van der Waals surface area (Å²) in [5.41, 5.74) is 6.32. The lowest BCUT2D eigenvalue weighted by Gasteiger charge is -2.15. The van der Waals surface area contributed by atoms with Crippen molar-refractivity contribution >= 4 is 5.91 Å². The molecule has 1 fully saturated rings. The Kier molecular flexibility index (Phi) is 3.42. The van der Waals surface area contributed by atoms with Gasteiger partial charge in [-0.1, -0.05) is 12.1 Å². The third-order valence-electron chi connectivity index (χ3n) is 3.23. The van der Waals surface area contributed by atoms with Crippen molar-refractivity contribution in [1.29, 1.82) is 0 Å². The van der Waals surface area contributed by atoms with Gasteiger partial charge in [0.05, 0.1) is 18.3 Å². The highest BCUT2D eigenvalue weighted by molar-refractivity contribution is 5.91. The molecule has 6 nitrogen and oxygen atoms in total. The molecule has 1 saturated carbocycles. The van der Waals surface area contributed by atoms with Gasteiger partial charge in [-0.15, -0.1) is 5.10 Å². The molecule has 1 amide bonds. The van der Waals surface area contributed by atoms with E-state index in [1.165, 1.54) is 12.8 Å². The Bertz CT molecular complexity index is 408. The average Bonchev–Trinajstić information content (AvgIpc) is 3.01. The van der Waals surface area contributed by atoms with Crippen molar-refractivity contribution in [3.63, 3.8) is 0 Å². The van der Waals surface area contributed by atoms with Gasteiger partial charge in [0.15, 0.2) is 5.69 Å². The van der Waals surface area contributed by atoms with Gasteiger partial charge in [0.25, 0.3) is 5.91 Å². The van der Waals surface area contributed by atoms with Crippen LogP contribution in [0.5, 0.6) is 0 Å². The van der Waals surface area contributed by atoms with Gasteiger partial charge in [-0.2, -0.15) is 0 Å². The highest BCUT2D eigenvalue weighted by Crippen LogP contribution is 2.33. The van der Waals surface area contributed by atoms with E-state index < -0.39 is 5.91 Å². The molecule has 0 aromatic carbocycles.